The summed E-state index contributed by atoms with van der Waals surface area (Å²) in [6.45, 7) is 0. The average Bonchev–Trinajstić information content (AvgIpc) is 3.57. The van der Waals surface area contributed by atoms with Crippen LogP contribution in [0.25, 0.3) is 83.0 Å². The number of benzene rings is 8. The number of hydrogen-bond donors (Lipinski definition) is 2. The van der Waals surface area contributed by atoms with E-state index in [0.717, 1.165) is 66.1 Å². The summed E-state index contributed by atoms with van der Waals surface area (Å²) in [5.74, 6) is -0.537. The van der Waals surface area contributed by atoms with E-state index < -0.39 is 11.5 Å². The van der Waals surface area contributed by atoms with Crippen molar-refractivity contribution in [1.29, 1.82) is 0 Å². The van der Waals surface area contributed by atoms with Gasteiger partial charge in [-0.05, 0) is 83.9 Å². The lowest BCUT2D eigenvalue weighted by atomic mass is 9.74. The van der Waals surface area contributed by atoms with Crippen molar-refractivity contribution in [2.24, 2.45) is 0 Å². The molecule has 7 heteroatoms. The van der Waals surface area contributed by atoms with Gasteiger partial charge in [0.1, 0.15) is 40.9 Å². The van der Waals surface area contributed by atoms with E-state index in [1.165, 1.54) is 0 Å². The summed E-state index contributed by atoms with van der Waals surface area (Å²) in [5, 5.41) is 26.1. The monoisotopic (exact) mass is 660 g/mol. The van der Waals surface area contributed by atoms with Crippen LogP contribution in [-0.4, -0.2) is 43.3 Å². The zero-order valence-corrected chi connectivity index (χ0v) is 28.0. The van der Waals surface area contributed by atoms with E-state index in [4.69, 9.17) is 28.5 Å². The summed E-state index contributed by atoms with van der Waals surface area (Å²) < 4.78 is 1.99. The number of phenolic OH excluding ortho intramolecular Hbond substituents is 2. The summed E-state index contributed by atoms with van der Waals surface area (Å²) in [5.41, 5.74) is 8.68. The van der Waals surface area contributed by atoms with Gasteiger partial charge < -0.3 is 10.2 Å². The molecule has 0 spiro atoms. The minimum absolute atomic E-state index is 0.0702. The third kappa shape index (κ3) is 4.77. The molecule has 2 N–H and O–H groups in total. The Bertz CT molecular complexity index is 2780. The van der Waals surface area contributed by atoms with Crippen molar-refractivity contribution in [2.45, 2.75) is 0 Å². The van der Waals surface area contributed by atoms with E-state index in [1.54, 1.807) is 0 Å². The lowest BCUT2D eigenvalue weighted by Gasteiger charge is -2.22. The molecule has 0 saturated heterocycles. The number of fused-ring (bicyclic) bond motifs is 3. The second-order valence-electron chi connectivity index (χ2n) is 12.8. The van der Waals surface area contributed by atoms with E-state index in [0.29, 0.717) is 11.3 Å². The first-order valence-corrected chi connectivity index (χ1v) is 17.0. The fourth-order valence-corrected chi connectivity index (χ4v) is 7.62. The second-order valence-corrected chi connectivity index (χ2v) is 12.8. The molecular weight excluding hydrogens is 633 g/mol. The van der Waals surface area contributed by atoms with Gasteiger partial charge in [-0.25, -0.2) is 4.98 Å². The largest absolute Gasteiger partial charge is 0.509 e. The Morgan fingerprint density at radius 2 is 0.885 bits per heavy atom. The van der Waals surface area contributed by atoms with Gasteiger partial charge in [0, 0.05) is 11.1 Å². The Hall–Kier alpha value is -6.46. The predicted molar refractivity (Wildman–Crippen MR) is 217 cm³/mol. The smallest absolute Gasteiger partial charge is 0.144 e. The van der Waals surface area contributed by atoms with Gasteiger partial charge in [-0.3, -0.25) is 4.57 Å². The Balaban J connectivity index is 1.39. The van der Waals surface area contributed by atoms with Crippen molar-refractivity contribution >= 4 is 72.5 Å². The van der Waals surface area contributed by atoms with Crippen LogP contribution < -0.4 is 16.4 Å². The number of phenols is 2. The SMILES string of the molecule is [B]c1c(O)c([B])c(-c2nc3ccccc3n2-c2ccccc2-c2c3ccccc3c(-c3ccccc3-c3ccccc3)c3ccccc23)c([B])c1O. The molecule has 1 aromatic heterocycles. The topological polar surface area (TPSA) is 58.3 Å². The van der Waals surface area contributed by atoms with Gasteiger partial charge in [0.05, 0.1) is 16.7 Å². The van der Waals surface area contributed by atoms with E-state index in [-0.39, 0.29) is 22.0 Å². The number of nitrogens with zero attached hydrogens (tertiary/aromatic N) is 2. The van der Waals surface area contributed by atoms with Crippen molar-refractivity contribution in [3.63, 3.8) is 0 Å². The molecule has 0 saturated carbocycles. The molecule has 0 aliphatic carbocycles. The van der Waals surface area contributed by atoms with Gasteiger partial charge in [-0.15, -0.1) is 0 Å². The lowest BCUT2D eigenvalue weighted by Crippen LogP contribution is -2.29. The van der Waals surface area contributed by atoms with Crippen molar-refractivity contribution in [3.8, 4) is 62.0 Å². The molecule has 0 aliphatic heterocycles. The minimum Gasteiger partial charge on any atom is -0.509 e. The van der Waals surface area contributed by atoms with Gasteiger partial charge in [0.15, 0.2) is 0 Å². The highest BCUT2D eigenvalue weighted by Crippen LogP contribution is 2.47. The summed E-state index contributed by atoms with van der Waals surface area (Å²) >= 11 is 0. The van der Waals surface area contributed by atoms with Crippen molar-refractivity contribution in [3.05, 3.63) is 152 Å². The highest BCUT2D eigenvalue weighted by molar-refractivity contribution is 6.51. The van der Waals surface area contributed by atoms with Crippen LogP contribution in [0.15, 0.2) is 152 Å². The van der Waals surface area contributed by atoms with E-state index in [1.807, 2.05) is 53.1 Å². The van der Waals surface area contributed by atoms with Crippen LogP contribution in [0.5, 0.6) is 11.5 Å². The number of rotatable bonds is 5. The molecular formula is C45H27B3N2O2. The normalized spacial score (nSPS) is 11.5. The van der Waals surface area contributed by atoms with Crippen LogP contribution in [0.3, 0.4) is 0 Å². The molecule has 9 rings (SSSR count). The van der Waals surface area contributed by atoms with Gasteiger partial charge in [-0.2, -0.15) is 0 Å². The molecule has 0 bridgehead atoms. The van der Waals surface area contributed by atoms with Gasteiger partial charge >= 0.3 is 0 Å². The van der Waals surface area contributed by atoms with Crippen molar-refractivity contribution < 1.29 is 10.2 Å². The highest BCUT2D eigenvalue weighted by Gasteiger charge is 2.25. The number of aromatic nitrogens is 2. The molecule has 6 radical (unpaired) electrons. The maximum absolute atomic E-state index is 10.9. The number of hydrogen-bond acceptors (Lipinski definition) is 3. The molecule has 238 valence electrons. The second kappa shape index (κ2) is 12.4. The molecule has 1 heterocycles. The Morgan fingerprint density at radius 3 is 1.50 bits per heavy atom. The summed E-state index contributed by atoms with van der Waals surface area (Å²) in [4.78, 5) is 4.98. The third-order valence-electron chi connectivity index (χ3n) is 9.97. The predicted octanol–water partition coefficient (Wildman–Crippen LogP) is 7.79. The fraction of sp³-hybridized carbons (Fsp3) is 0. The molecule has 0 amide bonds. The third-order valence-corrected chi connectivity index (χ3v) is 9.97. The van der Waals surface area contributed by atoms with E-state index >= 15 is 0 Å². The van der Waals surface area contributed by atoms with Crippen LogP contribution >= 0.6 is 0 Å². The lowest BCUT2D eigenvalue weighted by molar-refractivity contribution is 0.464. The van der Waals surface area contributed by atoms with E-state index in [2.05, 4.69) is 103 Å². The van der Waals surface area contributed by atoms with Crippen LogP contribution in [0.4, 0.5) is 0 Å². The van der Waals surface area contributed by atoms with Crippen LogP contribution in [0.1, 0.15) is 0 Å². The highest BCUT2D eigenvalue weighted by atomic mass is 16.3. The molecule has 4 nitrogen and oxygen atoms in total. The molecule has 0 fully saturated rings. The number of para-hydroxylation sites is 3. The summed E-state index contributed by atoms with van der Waals surface area (Å²) in [6, 6.07) is 52.1. The Morgan fingerprint density at radius 1 is 0.423 bits per heavy atom. The average molecular weight is 660 g/mol. The molecule has 52 heavy (non-hydrogen) atoms. The van der Waals surface area contributed by atoms with E-state index in [9.17, 15) is 10.2 Å². The number of imidazole rings is 1. The van der Waals surface area contributed by atoms with Gasteiger partial charge in [0.25, 0.3) is 0 Å². The molecule has 9 aromatic rings. The molecule has 0 aliphatic rings. The van der Waals surface area contributed by atoms with Crippen molar-refractivity contribution in [2.75, 3.05) is 0 Å². The fourth-order valence-electron chi connectivity index (χ4n) is 7.62. The Kier molecular flexibility index (Phi) is 7.51. The minimum atomic E-state index is -0.447. The standard InChI is InChI=1S/C45H27B3N2O2/c46-40-39(41(47)44(52)42(48)43(40)51)45-49-34-23-11-13-25-36(34)50(45)35-24-12-10-22-33(35)38-31-20-8-6-18-29(31)37(30-19-7-9-21-32(30)38)28-17-5-4-16-27(28)26-14-2-1-3-15-26/h1-25,51-52H. The Labute approximate surface area is 304 Å². The zero-order valence-electron chi connectivity index (χ0n) is 28.0. The maximum atomic E-state index is 10.9. The van der Waals surface area contributed by atoms with Gasteiger partial charge in [0.2, 0.25) is 0 Å². The summed E-state index contributed by atoms with van der Waals surface area (Å²) in [7, 11) is 19.0. The van der Waals surface area contributed by atoms with Gasteiger partial charge in [-0.1, -0.05) is 133 Å². The first kappa shape index (κ1) is 31.5. The first-order valence-electron chi connectivity index (χ1n) is 17.0. The maximum Gasteiger partial charge on any atom is 0.144 e. The first-order chi connectivity index (χ1) is 25.4. The van der Waals surface area contributed by atoms with Crippen LogP contribution in [-0.2, 0) is 0 Å². The van der Waals surface area contributed by atoms with Crippen LogP contribution in [0.2, 0.25) is 0 Å². The van der Waals surface area contributed by atoms with Crippen LogP contribution in [0, 0.1) is 0 Å². The molecule has 8 aromatic carbocycles. The number of aromatic hydroxyl groups is 2. The molecule has 0 atom stereocenters. The van der Waals surface area contributed by atoms with Crippen molar-refractivity contribution in [1.82, 2.24) is 9.55 Å². The quantitative estimate of drug-likeness (QED) is 0.147. The zero-order chi connectivity index (χ0) is 35.5. The summed E-state index contributed by atoms with van der Waals surface area (Å²) in [6.07, 6.45) is 0. The molecule has 0 unspecified atom stereocenters.